The van der Waals surface area contributed by atoms with Gasteiger partial charge in [0.15, 0.2) is 0 Å². The third-order valence-electron chi connectivity index (χ3n) is 3.72. The largest absolute Gasteiger partial charge is 0.465 e. The number of carboxylic acid groups (broad SMARTS) is 1. The predicted octanol–water partition coefficient (Wildman–Crippen LogP) is 2.46. The molecule has 0 aliphatic carbocycles. The molecule has 23 heavy (non-hydrogen) atoms. The van der Waals surface area contributed by atoms with Crippen LogP contribution in [0.15, 0.2) is 18.2 Å². The summed E-state index contributed by atoms with van der Waals surface area (Å²) in [7, 11) is 0. The molecular weight excluding hydrogens is 345 g/mol. The van der Waals surface area contributed by atoms with Gasteiger partial charge in [0.1, 0.15) is 0 Å². The van der Waals surface area contributed by atoms with Crippen molar-refractivity contribution in [2.45, 2.75) is 12.0 Å². The second kappa shape index (κ2) is 8.70. The van der Waals surface area contributed by atoms with Gasteiger partial charge in [0.05, 0.1) is 42.6 Å². The summed E-state index contributed by atoms with van der Waals surface area (Å²) in [5, 5.41) is 19.0. The Kier molecular flexibility index (Phi) is 6.92. The Morgan fingerprint density at radius 1 is 1.39 bits per heavy atom. The minimum Gasteiger partial charge on any atom is -0.465 e. The molecular formula is C15H19Cl2NO5. The summed E-state index contributed by atoms with van der Waals surface area (Å²) in [6.07, 6.45) is -1.32. The van der Waals surface area contributed by atoms with E-state index in [9.17, 15) is 9.90 Å². The monoisotopic (exact) mass is 363 g/mol. The Morgan fingerprint density at radius 2 is 2.17 bits per heavy atom. The number of hydrogen-bond acceptors (Lipinski definition) is 4. The summed E-state index contributed by atoms with van der Waals surface area (Å²) in [4.78, 5) is 12.6. The van der Waals surface area contributed by atoms with Crippen molar-refractivity contribution < 1.29 is 24.5 Å². The van der Waals surface area contributed by atoms with Crippen molar-refractivity contribution in [3.8, 4) is 0 Å². The van der Waals surface area contributed by atoms with E-state index in [1.807, 2.05) is 6.07 Å². The molecule has 128 valence electrons. The molecule has 1 fully saturated rings. The van der Waals surface area contributed by atoms with Gasteiger partial charge >= 0.3 is 6.09 Å². The number of halogens is 2. The Balaban J connectivity index is 2.23. The lowest BCUT2D eigenvalue weighted by atomic mass is 9.93. The van der Waals surface area contributed by atoms with Gasteiger partial charge < -0.3 is 24.6 Å². The van der Waals surface area contributed by atoms with Crippen LogP contribution in [0.3, 0.4) is 0 Å². The smallest absolute Gasteiger partial charge is 0.407 e. The number of amides is 1. The summed E-state index contributed by atoms with van der Waals surface area (Å²) in [6, 6.07) is 5.22. The van der Waals surface area contributed by atoms with Crippen LogP contribution in [-0.4, -0.2) is 66.8 Å². The maximum atomic E-state index is 11.3. The van der Waals surface area contributed by atoms with E-state index in [0.29, 0.717) is 16.6 Å². The quantitative estimate of drug-likeness (QED) is 0.785. The summed E-state index contributed by atoms with van der Waals surface area (Å²) in [5.41, 5.74) is 0.838. The highest BCUT2D eigenvalue weighted by Gasteiger charge is 2.31. The second-order valence-corrected chi connectivity index (χ2v) is 6.03. The fraction of sp³-hybridized carbons (Fsp3) is 0.533. The molecule has 1 saturated heterocycles. The molecule has 1 aliphatic heterocycles. The SMILES string of the molecule is O=C(O)N1CCOC(COCCO)C(c2ccc(Cl)c(Cl)c2)C1. The lowest BCUT2D eigenvalue weighted by molar-refractivity contribution is -0.0263. The summed E-state index contributed by atoms with van der Waals surface area (Å²) >= 11 is 12.0. The Hall–Kier alpha value is -1.05. The van der Waals surface area contributed by atoms with E-state index in [2.05, 4.69) is 0 Å². The topological polar surface area (TPSA) is 79.2 Å². The van der Waals surface area contributed by atoms with Crippen molar-refractivity contribution in [3.05, 3.63) is 33.8 Å². The average Bonchev–Trinajstić information content (AvgIpc) is 2.73. The average molecular weight is 364 g/mol. The number of nitrogens with zero attached hydrogens (tertiary/aromatic N) is 1. The standard InChI is InChI=1S/C15H19Cl2NO5/c16-12-2-1-10(7-13(12)17)11-8-18(15(20)21)3-5-23-14(11)9-22-6-4-19/h1-2,7,11,14,19H,3-6,8-9H2,(H,20,21). The van der Waals surface area contributed by atoms with E-state index in [1.165, 1.54) is 4.90 Å². The molecule has 1 aromatic carbocycles. The lowest BCUT2D eigenvalue weighted by Crippen LogP contribution is -2.36. The van der Waals surface area contributed by atoms with E-state index in [4.69, 9.17) is 37.8 Å². The van der Waals surface area contributed by atoms with Crippen LogP contribution in [0.25, 0.3) is 0 Å². The highest BCUT2D eigenvalue weighted by atomic mass is 35.5. The van der Waals surface area contributed by atoms with Gasteiger partial charge in [-0.2, -0.15) is 0 Å². The van der Waals surface area contributed by atoms with Gasteiger partial charge in [0.2, 0.25) is 0 Å². The third-order valence-corrected chi connectivity index (χ3v) is 4.46. The van der Waals surface area contributed by atoms with Crippen LogP contribution in [0, 0.1) is 0 Å². The van der Waals surface area contributed by atoms with Crippen molar-refractivity contribution >= 4 is 29.3 Å². The van der Waals surface area contributed by atoms with Gasteiger partial charge in [-0.25, -0.2) is 4.79 Å². The van der Waals surface area contributed by atoms with Gasteiger partial charge in [-0.3, -0.25) is 0 Å². The van der Waals surface area contributed by atoms with Gasteiger partial charge in [-0.15, -0.1) is 0 Å². The molecule has 0 spiro atoms. The number of rotatable bonds is 5. The summed E-state index contributed by atoms with van der Waals surface area (Å²) < 4.78 is 11.2. The van der Waals surface area contributed by atoms with Crippen LogP contribution in [0.1, 0.15) is 11.5 Å². The molecule has 1 amide bonds. The third kappa shape index (κ3) is 4.96. The zero-order valence-corrected chi connectivity index (χ0v) is 14.0. The maximum Gasteiger partial charge on any atom is 0.407 e. The molecule has 1 aromatic rings. The van der Waals surface area contributed by atoms with Gasteiger partial charge in [-0.05, 0) is 17.7 Å². The summed E-state index contributed by atoms with van der Waals surface area (Å²) in [6.45, 7) is 1.25. The van der Waals surface area contributed by atoms with Crippen molar-refractivity contribution in [2.24, 2.45) is 0 Å². The predicted molar refractivity (Wildman–Crippen MR) is 86.4 cm³/mol. The zero-order chi connectivity index (χ0) is 16.8. The number of benzene rings is 1. The van der Waals surface area contributed by atoms with E-state index in [-0.39, 0.29) is 45.0 Å². The molecule has 0 saturated carbocycles. The normalized spacial score (nSPS) is 22.0. The van der Waals surface area contributed by atoms with Crippen molar-refractivity contribution in [1.29, 1.82) is 0 Å². The van der Waals surface area contributed by atoms with Crippen molar-refractivity contribution in [2.75, 3.05) is 39.5 Å². The number of ether oxygens (including phenoxy) is 2. The van der Waals surface area contributed by atoms with Crippen molar-refractivity contribution in [1.82, 2.24) is 4.90 Å². The minimum absolute atomic E-state index is 0.0780. The van der Waals surface area contributed by atoms with Crippen LogP contribution in [0.2, 0.25) is 10.0 Å². The molecule has 8 heteroatoms. The van der Waals surface area contributed by atoms with Gasteiger partial charge in [-0.1, -0.05) is 29.3 Å². The van der Waals surface area contributed by atoms with Crippen LogP contribution in [0.4, 0.5) is 4.79 Å². The van der Waals surface area contributed by atoms with Crippen LogP contribution < -0.4 is 0 Å². The summed E-state index contributed by atoms with van der Waals surface area (Å²) in [5.74, 6) is -0.234. The molecule has 0 aromatic heterocycles. The molecule has 2 rings (SSSR count). The maximum absolute atomic E-state index is 11.3. The van der Waals surface area contributed by atoms with E-state index in [1.54, 1.807) is 12.1 Å². The number of aliphatic hydroxyl groups is 1. The van der Waals surface area contributed by atoms with Crippen LogP contribution in [-0.2, 0) is 9.47 Å². The van der Waals surface area contributed by atoms with Crippen LogP contribution in [0.5, 0.6) is 0 Å². The van der Waals surface area contributed by atoms with E-state index in [0.717, 1.165) is 5.56 Å². The Morgan fingerprint density at radius 3 is 2.83 bits per heavy atom. The molecule has 2 N–H and O–H groups in total. The first kappa shape index (κ1) is 18.3. The molecule has 1 heterocycles. The number of aliphatic hydroxyl groups excluding tert-OH is 1. The molecule has 0 radical (unpaired) electrons. The number of carbonyl (C=O) groups is 1. The first-order valence-electron chi connectivity index (χ1n) is 7.26. The van der Waals surface area contributed by atoms with Gasteiger partial charge in [0, 0.05) is 19.0 Å². The highest BCUT2D eigenvalue weighted by molar-refractivity contribution is 6.42. The van der Waals surface area contributed by atoms with E-state index < -0.39 is 6.09 Å². The highest BCUT2D eigenvalue weighted by Crippen LogP contribution is 2.31. The molecule has 2 atom stereocenters. The Bertz CT molecular complexity index is 543. The molecule has 6 nitrogen and oxygen atoms in total. The number of hydrogen-bond donors (Lipinski definition) is 2. The van der Waals surface area contributed by atoms with Crippen molar-refractivity contribution in [3.63, 3.8) is 0 Å². The fourth-order valence-electron chi connectivity index (χ4n) is 2.54. The molecule has 1 aliphatic rings. The zero-order valence-electron chi connectivity index (χ0n) is 12.5. The molecule has 2 unspecified atom stereocenters. The van der Waals surface area contributed by atoms with E-state index >= 15 is 0 Å². The second-order valence-electron chi connectivity index (χ2n) is 5.22. The Labute approximate surface area is 144 Å². The van der Waals surface area contributed by atoms with Gasteiger partial charge in [0.25, 0.3) is 0 Å². The fourth-order valence-corrected chi connectivity index (χ4v) is 2.85. The minimum atomic E-state index is -0.990. The first-order chi connectivity index (χ1) is 11.0. The first-order valence-corrected chi connectivity index (χ1v) is 8.01. The molecule has 0 bridgehead atoms. The lowest BCUT2D eigenvalue weighted by Gasteiger charge is -2.27. The van der Waals surface area contributed by atoms with Crippen LogP contribution >= 0.6 is 23.2 Å².